The van der Waals surface area contributed by atoms with E-state index in [2.05, 4.69) is 9.62 Å². The van der Waals surface area contributed by atoms with Gasteiger partial charge in [0.2, 0.25) is 10.0 Å². The van der Waals surface area contributed by atoms with Crippen molar-refractivity contribution in [3.63, 3.8) is 0 Å². The average molecular weight is 359 g/mol. The van der Waals surface area contributed by atoms with Gasteiger partial charge in [0.05, 0.1) is 0 Å². The molecule has 3 rings (SSSR count). The van der Waals surface area contributed by atoms with E-state index in [9.17, 15) is 12.8 Å². The van der Waals surface area contributed by atoms with Crippen molar-refractivity contribution in [3.05, 3.63) is 30.1 Å². The summed E-state index contributed by atoms with van der Waals surface area (Å²) in [6.07, 6.45) is 3.27. The Hall–Kier alpha value is -0.630. The Balaban J connectivity index is 1.50. The zero-order valence-corrected chi connectivity index (χ0v) is 14.7. The first-order valence-corrected chi connectivity index (χ1v) is 10.8. The minimum atomic E-state index is -3.76. The smallest absolute Gasteiger partial charge is 0.243 e. The molecule has 2 aliphatic rings. The lowest BCUT2D eigenvalue weighted by atomic mass is 9.96. The topological polar surface area (TPSA) is 49.4 Å². The quantitative estimate of drug-likeness (QED) is 0.878. The molecule has 0 spiro atoms. The summed E-state index contributed by atoms with van der Waals surface area (Å²) in [4.78, 5) is 2.28. The number of hydrogen-bond acceptors (Lipinski definition) is 4. The molecule has 1 atom stereocenters. The molecule has 23 heavy (non-hydrogen) atoms. The number of rotatable bonds is 5. The van der Waals surface area contributed by atoms with Crippen LogP contribution >= 0.6 is 11.8 Å². The summed E-state index contributed by atoms with van der Waals surface area (Å²) in [5.74, 6) is 2.12. The first-order valence-electron chi connectivity index (χ1n) is 8.12. The highest BCUT2D eigenvalue weighted by molar-refractivity contribution is 7.99. The molecular formula is C16H23FN2O2S2. The number of hydrogen-bond donors (Lipinski definition) is 1. The van der Waals surface area contributed by atoms with E-state index in [1.165, 1.54) is 42.2 Å². The third kappa shape index (κ3) is 4.26. The Kier molecular flexibility index (Phi) is 5.61. The van der Waals surface area contributed by atoms with Gasteiger partial charge in [-0.05, 0) is 56.2 Å². The number of thioether (sulfide) groups is 1. The van der Waals surface area contributed by atoms with Gasteiger partial charge in [0, 0.05) is 18.3 Å². The third-order valence-corrected chi connectivity index (χ3v) is 7.36. The van der Waals surface area contributed by atoms with Gasteiger partial charge in [-0.15, -0.1) is 0 Å². The fourth-order valence-corrected chi connectivity index (χ4v) is 5.75. The van der Waals surface area contributed by atoms with E-state index in [-0.39, 0.29) is 4.90 Å². The summed E-state index contributed by atoms with van der Waals surface area (Å²) >= 11 is 2.02. The lowest BCUT2D eigenvalue weighted by molar-refractivity contribution is 0.145. The van der Waals surface area contributed by atoms with Crippen LogP contribution in [0.15, 0.2) is 29.2 Å². The first kappa shape index (κ1) is 17.2. The van der Waals surface area contributed by atoms with E-state index < -0.39 is 15.8 Å². The lowest BCUT2D eigenvalue weighted by Crippen LogP contribution is -2.43. The van der Waals surface area contributed by atoms with Crippen molar-refractivity contribution in [2.45, 2.75) is 30.2 Å². The standard InChI is InChI=1S/C16H23FN2O2S2/c17-15-3-1-2-4-16(15)23(20,21)18-11-13-5-8-19(9-6-13)14-7-10-22-12-14/h1-4,13-14,18H,5-12H2. The monoisotopic (exact) mass is 358 g/mol. The van der Waals surface area contributed by atoms with Crippen LogP contribution in [0.5, 0.6) is 0 Å². The molecular weight excluding hydrogens is 335 g/mol. The lowest BCUT2D eigenvalue weighted by Gasteiger charge is -2.35. The minimum Gasteiger partial charge on any atom is -0.300 e. The molecule has 1 aromatic rings. The normalized spacial score (nSPS) is 24.1. The maximum Gasteiger partial charge on any atom is 0.243 e. The van der Waals surface area contributed by atoms with Gasteiger partial charge < -0.3 is 0 Å². The van der Waals surface area contributed by atoms with E-state index in [4.69, 9.17) is 0 Å². The van der Waals surface area contributed by atoms with Gasteiger partial charge in [0.15, 0.2) is 0 Å². The van der Waals surface area contributed by atoms with E-state index in [0.717, 1.165) is 25.9 Å². The van der Waals surface area contributed by atoms with E-state index in [1.807, 2.05) is 11.8 Å². The molecule has 1 aromatic carbocycles. The summed E-state index contributed by atoms with van der Waals surface area (Å²) in [6.45, 7) is 2.47. The van der Waals surface area contributed by atoms with Crippen LogP contribution in [0, 0.1) is 11.7 Å². The highest BCUT2D eigenvalue weighted by Gasteiger charge is 2.28. The predicted molar refractivity (Wildman–Crippen MR) is 91.6 cm³/mol. The fourth-order valence-electron chi connectivity index (χ4n) is 3.30. The first-order chi connectivity index (χ1) is 11.1. The van der Waals surface area contributed by atoms with E-state index >= 15 is 0 Å². The van der Waals surface area contributed by atoms with Crippen molar-refractivity contribution in [2.75, 3.05) is 31.1 Å². The van der Waals surface area contributed by atoms with Gasteiger partial charge in [-0.2, -0.15) is 11.8 Å². The van der Waals surface area contributed by atoms with E-state index in [1.54, 1.807) is 0 Å². The van der Waals surface area contributed by atoms with Crippen LogP contribution in [-0.2, 0) is 10.0 Å². The molecule has 0 saturated carbocycles. The molecule has 0 radical (unpaired) electrons. The van der Waals surface area contributed by atoms with E-state index in [0.29, 0.717) is 18.5 Å². The van der Waals surface area contributed by atoms with Crippen LogP contribution in [0.25, 0.3) is 0 Å². The van der Waals surface area contributed by atoms with Crippen molar-refractivity contribution in [1.29, 1.82) is 0 Å². The molecule has 2 saturated heterocycles. The van der Waals surface area contributed by atoms with Gasteiger partial charge in [-0.25, -0.2) is 17.5 Å². The number of piperidine rings is 1. The van der Waals surface area contributed by atoms with Gasteiger partial charge in [-0.3, -0.25) is 4.90 Å². The summed E-state index contributed by atoms with van der Waals surface area (Å²) in [7, 11) is -3.76. The Morgan fingerprint density at radius 1 is 1.22 bits per heavy atom. The molecule has 0 aliphatic carbocycles. The van der Waals surface area contributed by atoms with Gasteiger partial charge >= 0.3 is 0 Å². The second-order valence-corrected chi connectivity index (χ2v) is 9.16. The summed E-state index contributed by atoms with van der Waals surface area (Å²) in [6, 6.07) is 6.21. The molecule has 2 heterocycles. The largest absolute Gasteiger partial charge is 0.300 e. The third-order valence-electron chi connectivity index (χ3n) is 4.76. The molecule has 1 N–H and O–H groups in total. The highest BCUT2D eigenvalue weighted by atomic mass is 32.2. The van der Waals surface area contributed by atoms with Crippen molar-refractivity contribution >= 4 is 21.8 Å². The number of halogens is 1. The summed E-state index contributed by atoms with van der Waals surface area (Å²) in [5.41, 5.74) is 0. The maximum atomic E-state index is 13.6. The Morgan fingerprint density at radius 3 is 2.61 bits per heavy atom. The number of sulfonamides is 1. The van der Waals surface area contributed by atoms with Gasteiger partial charge in [-0.1, -0.05) is 12.1 Å². The molecule has 0 aromatic heterocycles. The molecule has 0 bridgehead atoms. The molecule has 4 nitrogen and oxygen atoms in total. The molecule has 0 amide bonds. The van der Waals surface area contributed by atoms with Crippen LogP contribution in [0.1, 0.15) is 19.3 Å². The van der Waals surface area contributed by atoms with Crippen molar-refractivity contribution in [1.82, 2.24) is 9.62 Å². The number of benzene rings is 1. The molecule has 128 valence electrons. The Bertz CT molecular complexity index is 625. The average Bonchev–Trinajstić information content (AvgIpc) is 3.08. The fraction of sp³-hybridized carbons (Fsp3) is 0.625. The Labute approximate surface area is 141 Å². The SMILES string of the molecule is O=S(=O)(NCC1CCN(C2CCSC2)CC1)c1ccccc1F. The van der Waals surface area contributed by atoms with Crippen molar-refractivity contribution in [2.24, 2.45) is 5.92 Å². The summed E-state index contributed by atoms with van der Waals surface area (Å²) in [5, 5.41) is 0. The van der Waals surface area contributed by atoms with Gasteiger partial charge in [0.1, 0.15) is 10.7 Å². The van der Waals surface area contributed by atoms with Crippen LogP contribution in [-0.4, -0.2) is 50.5 Å². The second-order valence-electron chi connectivity index (χ2n) is 6.28. The Morgan fingerprint density at radius 2 is 1.96 bits per heavy atom. The molecule has 2 fully saturated rings. The van der Waals surface area contributed by atoms with Crippen LogP contribution < -0.4 is 4.72 Å². The maximum absolute atomic E-state index is 13.6. The number of likely N-dealkylation sites (tertiary alicyclic amines) is 1. The highest BCUT2D eigenvalue weighted by Crippen LogP contribution is 2.27. The number of nitrogens with zero attached hydrogens (tertiary/aromatic N) is 1. The minimum absolute atomic E-state index is 0.264. The van der Waals surface area contributed by atoms with Crippen molar-refractivity contribution in [3.8, 4) is 0 Å². The van der Waals surface area contributed by atoms with Gasteiger partial charge in [0.25, 0.3) is 0 Å². The van der Waals surface area contributed by atoms with Crippen molar-refractivity contribution < 1.29 is 12.8 Å². The predicted octanol–water partition coefficient (Wildman–Crippen LogP) is 2.32. The summed E-state index contributed by atoms with van der Waals surface area (Å²) < 4.78 is 40.6. The number of nitrogens with one attached hydrogen (secondary N) is 1. The molecule has 1 unspecified atom stereocenters. The zero-order valence-electron chi connectivity index (χ0n) is 13.1. The molecule has 7 heteroatoms. The molecule has 2 aliphatic heterocycles. The van der Waals surface area contributed by atoms with Crippen LogP contribution in [0.2, 0.25) is 0 Å². The zero-order chi connectivity index (χ0) is 16.3. The van der Waals surface area contributed by atoms with Crippen LogP contribution in [0.3, 0.4) is 0 Å². The van der Waals surface area contributed by atoms with Crippen LogP contribution in [0.4, 0.5) is 4.39 Å². The second kappa shape index (κ2) is 7.51.